The number of ether oxygens (including phenoxy) is 1. The van der Waals surface area contributed by atoms with Gasteiger partial charge in [0.1, 0.15) is 34.3 Å². The molecule has 0 saturated carbocycles. The van der Waals surface area contributed by atoms with E-state index >= 15 is 0 Å². The van der Waals surface area contributed by atoms with Gasteiger partial charge in [-0.25, -0.2) is 9.37 Å². The van der Waals surface area contributed by atoms with Crippen LogP contribution < -0.4 is 9.64 Å². The predicted molar refractivity (Wildman–Crippen MR) is 130 cm³/mol. The second-order valence-electron chi connectivity index (χ2n) is 8.03. The molecular weight excluding hydrogens is 479 g/mol. The van der Waals surface area contributed by atoms with E-state index in [1.807, 2.05) is 34.2 Å². The molecule has 1 fully saturated rings. The fourth-order valence-electron chi connectivity index (χ4n) is 4.30. The topological polar surface area (TPSA) is 76.4 Å². The third-order valence-electron chi connectivity index (χ3n) is 5.94. The van der Waals surface area contributed by atoms with Crippen LogP contribution in [0.3, 0.4) is 0 Å². The number of fused-ring (bicyclic) bond motifs is 1. The number of anilines is 1. The number of rotatable bonds is 5. The Kier molecular flexibility index (Phi) is 6.09. The molecule has 176 valence electrons. The van der Waals surface area contributed by atoms with Crippen molar-refractivity contribution in [1.82, 2.24) is 24.6 Å². The molecule has 1 aromatic carbocycles. The smallest absolute Gasteiger partial charge is 0.244 e. The molecule has 1 saturated heterocycles. The maximum absolute atomic E-state index is 14.6. The largest absolute Gasteiger partial charge is 0.495 e. The summed E-state index contributed by atoms with van der Waals surface area (Å²) in [6, 6.07) is 6.46. The van der Waals surface area contributed by atoms with Crippen molar-refractivity contribution < 1.29 is 13.9 Å². The highest BCUT2D eigenvalue weighted by Gasteiger charge is 2.30. The SMILES string of the molecule is COc1cc(N2CCN(C(=O)Cn3nc(-c4nccs4)c4ncccc43)C(C)C2)c(F)cc1Cl. The number of thiazole rings is 1. The van der Waals surface area contributed by atoms with Crippen LogP contribution in [0.1, 0.15) is 6.92 Å². The van der Waals surface area contributed by atoms with E-state index in [0.29, 0.717) is 36.8 Å². The summed E-state index contributed by atoms with van der Waals surface area (Å²) in [6.45, 7) is 3.48. The average molecular weight is 501 g/mol. The fraction of sp³-hybridized carbons (Fsp3) is 0.304. The predicted octanol–water partition coefficient (Wildman–Crippen LogP) is 4.09. The van der Waals surface area contributed by atoms with E-state index in [0.717, 1.165) is 16.0 Å². The highest BCUT2D eigenvalue weighted by atomic mass is 35.5. The molecule has 1 unspecified atom stereocenters. The molecule has 3 aromatic heterocycles. The summed E-state index contributed by atoms with van der Waals surface area (Å²) in [5, 5.41) is 7.53. The molecule has 0 N–H and O–H groups in total. The van der Waals surface area contributed by atoms with Crippen LogP contribution in [-0.2, 0) is 11.3 Å². The minimum atomic E-state index is -0.414. The molecule has 0 spiro atoms. The second-order valence-corrected chi connectivity index (χ2v) is 9.34. The van der Waals surface area contributed by atoms with Gasteiger partial charge in [-0.05, 0) is 25.1 Å². The number of benzene rings is 1. The van der Waals surface area contributed by atoms with Gasteiger partial charge in [-0.15, -0.1) is 11.3 Å². The van der Waals surface area contributed by atoms with Crippen LogP contribution >= 0.6 is 22.9 Å². The van der Waals surface area contributed by atoms with Gasteiger partial charge < -0.3 is 14.5 Å². The Morgan fingerprint density at radius 1 is 1.29 bits per heavy atom. The van der Waals surface area contributed by atoms with Crippen molar-refractivity contribution in [1.29, 1.82) is 0 Å². The minimum Gasteiger partial charge on any atom is -0.495 e. The van der Waals surface area contributed by atoms with Gasteiger partial charge in [0.05, 0.1) is 23.3 Å². The second kappa shape index (κ2) is 9.19. The minimum absolute atomic E-state index is 0.0553. The van der Waals surface area contributed by atoms with Crippen LogP contribution in [-0.4, -0.2) is 63.3 Å². The molecule has 5 rings (SSSR count). The zero-order chi connectivity index (χ0) is 23.8. The van der Waals surface area contributed by atoms with Crippen molar-refractivity contribution in [3.8, 4) is 16.5 Å². The van der Waals surface area contributed by atoms with Crippen LogP contribution in [0.5, 0.6) is 5.75 Å². The van der Waals surface area contributed by atoms with Gasteiger partial charge in [0.25, 0.3) is 0 Å². The Morgan fingerprint density at radius 2 is 2.15 bits per heavy atom. The third-order valence-corrected chi connectivity index (χ3v) is 7.01. The zero-order valence-corrected chi connectivity index (χ0v) is 20.2. The molecule has 1 amide bonds. The van der Waals surface area contributed by atoms with Crippen LogP contribution in [0.4, 0.5) is 10.1 Å². The number of carbonyl (C=O) groups is 1. The number of amides is 1. The summed E-state index contributed by atoms with van der Waals surface area (Å²) in [6.07, 6.45) is 3.43. The summed E-state index contributed by atoms with van der Waals surface area (Å²) >= 11 is 7.51. The Hall–Kier alpha value is -3.24. The molecule has 8 nitrogen and oxygen atoms in total. The first-order valence-corrected chi connectivity index (χ1v) is 12.0. The van der Waals surface area contributed by atoms with Gasteiger partial charge in [0, 0.05) is 49.5 Å². The summed E-state index contributed by atoms with van der Waals surface area (Å²) < 4.78 is 21.5. The van der Waals surface area contributed by atoms with Crippen molar-refractivity contribution >= 4 is 45.6 Å². The Morgan fingerprint density at radius 3 is 2.88 bits per heavy atom. The van der Waals surface area contributed by atoms with Crippen LogP contribution in [0.25, 0.3) is 21.7 Å². The lowest BCUT2D eigenvalue weighted by atomic mass is 10.1. The van der Waals surface area contributed by atoms with Gasteiger partial charge in [-0.2, -0.15) is 5.10 Å². The van der Waals surface area contributed by atoms with Crippen molar-refractivity contribution in [3.63, 3.8) is 0 Å². The lowest BCUT2D eigenvalue weighted by molar-refractivity contribution is -0.134. The normalized spacial score (nSPS) is 16.3. The van der Waals surface area contributed by atoms with E-state index in [1.54, 1.807) is 23.1 Å². The number of halogens is 2. The van der Waals surface area contributed by atoms with Crippen LogP contribution in [0.15, 0.2) is 42.0 Å². The number of nitrogens with zero attached hydrogens (tertiary/aromatic N) is 6. The van der Waals surface area contributed by atoms with E-state index in [-0.39, 0.29) is 23.5 Å². The maximum Gasteiger partial charge on any atom is 0.244 e. The number of aromatic nitrogens is 4. The van der Waals surface area contributed by atoms with E-state index in [4.69, 9.17) is 16.3 Å². The summed E-state index contributed by atoms with van der Waals surface area (Å²) in [5.74, 6) is -0.0531. The van der Waals surface area contributed by atoms with E-state index in [2.05, 4.69) is 15.1 Å². The van der Waals surface area contributed by atoms with Gasteiger partial charge in [0.2, 0.25) is 5.91 Å². The zero-order valence-electron chi connectivity index (χ0n) is 18.6. The highest BCUT2D eigenvalue weighted by molar-refractivity contribution is 7.13. The van der Waals surface area contributed by atoms with Gasteiger partial charge >= 0.3 is 0 Å². The van der Waals surface area contributed by atoms with E-state index < -0.39 is 5.82 Å². The molecule has 0 radical (unpaired) electrons. The molecular formula is C23H22ClFN6O2S. The first-order chi connectivity index (χ1) is 16.5. The number of hydrogen-bond acceptors (Lipinski definition) is 7. The lowest BCUT2D eigenvalue weighted by Crippen LogP contribution is -2.55. The van der Waals surface area contributed by atoms with Crippen LogP contribution in [0, 0.1) is 5.82 Å². The first kappa shape index (κ1) is 22.5. The Balaban J connectivity index is 1.34. The van der Waals surface area contributed by atoms with Gasteiger partial charge in [0.15, 0.2) is 0 Å². The number of piperazine rings is 1. The van der Waals surface area contributed by atoms with Gasteiger partial charge in [-0.1, -0.05) is 11.6 Å². The average Bonchev–Trinajstić information content (AvgIpc) is 3.48. The molecule has 1 atom stereocenters. The molecule has 34 heavy (non-hydrogen) atoms. The molecule has 0 aliphatic carbocycles. The molecule has 1 aliphatic rings. The Labute approximate surface area is 204 Å². The maximum atomic E-state index is 14.6. The Bertz CT molecular complexity index is 1340. The van der Waals surface area contributed by atoms with Crippen molar-refractivity contribution in [2.24, 2.45) is 0 Å². The standard InChI is InChI=1S/C23H22ClFN6O2S/c1-14-12-29(18-11-19(33-2)15(24)10-16(18)25)7-8-30(14)20(32)13-31-17-4-3-5-26-21(17)22(28-31)23-27-6-9-34-23/h3-6,9-11,14H,7-8,12-13H2,1-2H3. The fourth-order valence-corrected chi connectivity index (χ4v) is 5.15. The number of hydrogen-bond donors (Lipinski definition) is 0. The summed E-state index contributed by atoms with van der Waals surface area (Å²) in [4.78, 5) is 25.8. The molecule has 4 aromatic rings. The first-order valence-electron chi connectivity index (χ1n) is 10.7. The van der Waals surface area contributed by atoms with Gasteiger partial charge in [-0.3, -0.25) is 14.5 Å². The van der Waals surface area contributed by atoms with E-state index in [9.17, 15) is 9.18 Å². The van der Waals surface area contributed by atoms with Crippen LogP contribution in [0.2, 0.25) is 5.02 Å². The molecule has 11 heteroatoms. The molecule has 4 heterocycles. The van der Waals surface area contributed by atoms with Crippen molar-refractivity contribution in [2.45, 2.75) is 19.5 Å². The monoisotopic (exact) mass is 500 g/mol. The third kappa shape index (κ3) is 4.07. The molecule has 0 bridgehead atoms. The van der Waals surface area contributed by atoms with E-state index in [1.165, 1.54) is 24.5 Å². The van der Waals surface area contributed by atoms with Crippen molar-refractivity contribution in [2.75, 3.05) is 31.6 Å². The van der Waals surface area contributed by atoms with Crippen molar-refractivity contribution in [3.05, 3.63) is 52.9 Å². The highest BCUT2D eigenvalue weighted by Crippen LogP contribution is 2.33. The summed E-state index contributed by atoms with van der Waals surface area (Å²) in [7, 11) is 1.50. The quantitative estimate of drug-likeness (QED) is 0.411. The molecule has 1 aliphatic heterocycles. The summed E-state index contributed by atoms with van der Waals surface area (Å²) in [5.41, 5.74) is 2.58. The number of pyridine rings is 1. The lowest BCUT2D eigenvalue weighted by Gasteiger charge is -2.41. The number of methoxy groups -OCH3 is 1. The number of carbonyl (C=O) groups excluding carboxylic acids is 1.